The van der Waals surface area contributed by atoms with Gasteiger partial charge >= 0.3 is 0 Å². The molecule has 0 saturated heterocycles. The van der Waals surface area contributed by atoms with Gasteiger partial charge in [-0.2, -0.15) is 0 Å². The first-order valence-electron chi connectivity index (χ1n) is 5.24. The van der Waals surface area contributed by atoms with E-state index in [1.54, 1.807) is 12.1 Å². The molecule has 0 aromatic heterocycles. The molecule has 1 aliphatic carbocycles. The van der Waals surface area contributed by atoms with Crippen molar-refractivity contribution in [3.05, 3.63) is 40.7 Å². The monoisotopic (exact) mass is 204 g/mol. The number of carbonyl (C=O) groups excluding carboxylic acids is 1. The largest absolute Gasteiger partial charge is 0.298 e. The van der Waals surface area contributed by atoms with Crippen molar-refractivity contribution in [2.45, 2.75) is 25.7 Å². The molecule has 0 aliphatic heterocycles. The van der Waals surface area contributed by atoms with Gasteiger partial charge in [0.15, 0.2) is 6.29 Å². The molecular weight excluding hydrogens is 191 g/mol. The molecule has 2 rings (SSSR count). The molecule has 1 aromatic carbocycles. The predicted molar refractivity (Wildman–Crippen MR) is 58.2 cm³/mol. The lowest BCUT2D eigenvalue weighted by molar-refractivity contribution is 0.111. The molecule has 1 aromatic rings. The summed E-state index contributed by atoms with van der Waals surface area (Å²) in [5.41, 5.74) is 2.21. The Morgan fingerprint density at radius 2 is 1.93 bits per heavy atom. The second-order valence-corrected chi connectivity index (χ2v) is 3.87. The Kier molecular flexibility index (Phi) is 2.95. The lowest BCUT2D eigenvalue weighted by Crippen LogP contribution is -1.92. The van der Waals surface area contributed by atoms with Crippen LogP contribution in [0.5, 0.6) is 0 Å². The first-order chi connectivity index (χ1) is 7.31. The second-order valence-electron chi connectivity index (χ2n) is 3.87. The van der Waals surface area contributed by atoms with E-state index in [9.17, 15) is 9.18 Å². The minimum absolute atomic E-state index is 0.178. The summed E-state index contributed by atoms with van der Waals surface area (Å²) in [7, 11) is 0. The molecule has 1 aliphatic rings. The van der Waals surface area contributed by atoms with E-state index in [4.69, 9.17) is 0 Å². The Labute approximate surface area is 88.6 Å². The third-order valence-electron chi connectivity index (χ3n) is 2.81. The molecule has 0 radical (unpaired) electrons. The highest BCUT2D eigenvalue weighted by molar-refractivity contribution is 5.82. The summed E-state index contributed by atoms with van der Waals surface area (Å²) in [6.45, 7) is 0. The Balaban J connectivity index is 2.39. The average molecular weight is 204 g/mol. The van der Waals surface area contributed by atoms with E-state index in [1.165, 1.54) is 24.5 Å². The zero-order valence-electron chi connectivity index (χ0n) is 8.50. The van der Waals surface area contributed by atoms with Crippen LogP contribution in [0.1, 0.15) is 41.6 Å². The zero-order chi connectivity index (χ0) is 10.7. The van der Waals surface area contributed by atoms with E-state index in [0.717, 1.165) is 12.8 Å². The Hall–Kier alpha value is -1.44. The fraction of sp³-hybridized carbons (Fsp3) is 0.308. The Morgan fingerprint density at radius 3 is 2.60 bits per heavy atom. The first-order valence-corrected chi connectivity index (χ1v) is 5.24. The molecule has 0 heterocycles. The van der Waals surface area contributed by atoms with Crippen LogP contribution < -0.4 is 0 Å². The fourth-order valence-corrected chi connectivity index (χ4v) is 2.00. The highest BCUT2D eigenvalue weighted by atomic mass is 19.1. The lowest BCUT2D eigenvalue weighted by atomic mass is 10.0. The van der Waals surface area contributed by atoms with Gasteiger partial charge in [-0.05, 0) is 37.3 Å². The predicted octanol–water partition coefficient (Wildman–Crippen LogP) is 3.60. The second kappa shape index (κ2) is 4.39. The van der Waals surface area contributed by atoms with Crippen molar-refractivity contribution in [3.63, 3.8) is 0 Å². The van der Waals surface area contributed by atoms with Gasteiger partial charge in [0.1, 0.15) is 5.82 Å². The maximum atomic E-state index is 13.3. The van der Waals surface area contributed by atoms with Gasteiger partial charge in [-0.3, -0.25) is 4.79 Å². The number of halogens is 1. The summed E-state index contributed by atoms with van der Waals surface area (Å²) in [6, 6.07) is 4.75. The van der Waals surface area contributed by atoms with Crippen LogP contribution in [0.3, 0.4) is 0 Å². The quantitative estimate of drug-likeness (QED) is 0.673. The topological polar surface area (TPSA) is 17.1 Å². The molecule has 0 atom stereocenters. The number of carbonyl (C=O) groups is 1. The number of rotatable bonds is 2. The molecule has 0 N–H and O–H groups in total. The van der Waals surface area contributed by atoms with Gasteiger partial charge < -0.3 is 0 Å². The summed E-state index contributed by atoms with van der Waals surface area (Å²) >= 11 is 0. The van der Waals surface area contributed by atoms with E-state index in [2.05, 4.69) is 0 Å². The zero-order valence-corrected chi connectivity index (χ0v) is 8.50. The highest BCUT2D eigenvalue weighted by Gasteiger charge is 2.09. The van der Waals surface area contributed by atoms with Crippen molar-refractivity contribution in [2.75, 3.05) is 0 Å². The van der Waals surface area contributed by atoms with Crippen molar-refractivity contribution in [1.29, 1.82) is 0 Å². The molecule has 0 unspecified atom stereocenters. The van der Waals surface area contributed by atoms with Crippen molar-refractivity contribution >= 4 is 12.4 Å². The number of allylic oxidation sites excluding steroid dienone is 1. The van der Waals surface area contributed by atoms with E-state index >= 15 is 0 Å². The van der Waals surface area contributed by atoms with E-state index < -0.39 is 5.82 Å². The highest BCUT2D eigenvalue weighted by Crippen LogP contribution is 2.27. The summed E-state index contributed by atoms with van der Waals surface area (Å²) < 4.78 is 13.3. The van der Waals surface area contributed by atoms with Crippen LogP contribution in [0.2, 0.25) is 0 Å². The number of hydrogen-bond donors (Lipinski definition) is 0. The van der Waals surface area contributed by atoms with Crippen LogP contribution in [0, 0.1) is 5.82 Å². The van der Waals surface area contributed by atoms with Crippen LogP contribution in [-0.2, 0) is 0 Å². The van der Waals surface area contributed by atoms with Gasteiger partial charge in [-0.25, -0.2) is 4.39 Å². The Morgan fingerprint density at radius 1 is 1.20 bits per heavy atom. The SMILES string of the molecule is O=Cc1c(F)cccc1C=C1CCCC1. The summed E-state index contributed by atoms with van der Waals surface area (Å²) in [5.74, 6) is -0.433. The van der Waals surface area contributed by atoms with Crippen molar-refractivity contribution in [1.82, 2.24) is 0 Å². The molecule has 78 valence electrons. The molecule has 1 nitrogen and oxygen atoms in total. The fourth-order valence-electron chi connectivity index (χ4n) is 2.00. The maximum absolute atomic E-state index is 13.3. The summed E-state index contributed by atoms with van der Waals surface area (Å²) in [5, 5.41) is 0. The van der Waals surface area contributed by atoms with Gasteiger partial charge in [0.2, 0.25) is 0 Å². The molecule has 1 fully saturated rings. The third kappa shape index (κ3) is 2.14. The minimum Gasteiger partial charge on any atom is -0.298 e. The van der Waals surface area contributed by atoms with E-state index in [1.807, 2.05) is 6.08 Å². The molecule has 0 amide bonds. The van der Waals surface area contributed by atoms with Crippen LogP contribution in [0.4, 0.5) is 4.39 Å². The standard InChI is InChI=1S/C13H13FO/c14-13-7-3-6-11(12(13)9-15)8-10-4-1-2-5-10/h3,6-9H,1-2,4-5H2. The molecule has 2 heteroatoms. The molecule has 1 saturated carbocycles. The average Bonchev–Trinajstić information content (AvgIpc) is 2.71. The molecule has 15 heavy (non-hydrogen) atoms. The molecule has 0 bridgehead atoms. The lowest BCUT2D eigenvalue weighted by Gasteiger charge is -2.02. The third-order valence-corrected chi connectivity index (χ3v) is 2.81. The van der Waals surface area contributed by atoms with E-state index in [-0.39, 0.29) is 5.56 Å². The van der Waals surface area contributed by atoms with Gasteiger partial charge in [-0.15, -0.1) is 0 Å². The first kappa shape index (κ1) is 10.1. The van der Waals surface area contributed by atoms with Gasteiger partial charge in [0.25, 0.3) is 0 Å². The number of aldehydes is 1. The molecular formula is C13H13FO. The van der Waals surface area contributed by atoms with Crippen molar-refractivity contribution < 1.29 is 9.18 Å². The number of hydrogen-bond acceptors (Lipinski definition) is 1. The van der Waals surface area contributed by atoms with Crippen LogP contribution >= 0.6 is 0 Å². The van der Waals surface area contributed by atoms with Crippen LogP contribution in [-0.4, -0.2) is 6.29 Å². The van der Waals surface area contributed by atoms with Crippen molar-refractivity contribution in [3.8, 4) is 0 Å². The smallest absolute Gasteiger partial charge is 0.153 e. The van der Waals surface area contributed by atoms with E-state index in [0.29, 0.717) is 11.8 Å². The molecule has 0 spiro atoms. The minimum atomic E-state index is -0.433. The number of benzene rings is 1. The Bertz CT molecular complexity index is 399. The van der Waals surface area contributed by atoms with Crippen LogP contribution in [0.15, 0.2) is 23.8 Å². The van der Waals surface area contributed by atoms with Gasteiger partial charge in [0.05, 0.1) is 5.56 Å². The summed E-state index contributed by atoms with van der Waals surface area (Å²) in [4.78, 5) is 10.8. The maximum Gasteiger partial charge on any atom is 0.153 e. The normalized spacial score (nSPS) is 15.4. The van der Waals surface area contributed by atoms with Gasteiger partial charge in [-0.1, -0.05) is 23.8 Å². The summed E-state index contributed by atoms with van der Waals surface area (Å²) in [6.07, 6.45) is 7.12. The van der Waals surface area contributed by atoms with Crippen molar-refractivity contribution in [2.24, 2.45) is 0 Å². The van der Waals surface area contributed by atoms with Gasteiger partial charge in [0, 0.05) is 0 Å². The van der Waals surface area contributed by atoms with Crippen LogP contribution in [0.25, 0.3) is 6.08 Å².